The highest BCUT2D eigenvalue weighted by Crippen LogP contribution is 2.23. The third kappa shape index (κ3) is 3.79. The monoisotopic (exact) mass is 359 g/mol. The third-order valence-corrected chi connectivity index (χ3v) is 3.95. The molecule has 4 aromatic rings. The number of hydrogen-bond acceptors (Lipinski definition) is 5. The van der Waals surface area contributed by atoms with Crippen molar-refractivity contribution in [3.63, 3.8) is 0 Å². The van der Waals surface area contributed by atoms with Gasteiger partial charge in [-0.3, -0.25) is 0 Å². The Balaban J connectivity index is 1.49. The zero-order chi connectivity index (χ0) is 18.6. The minimum absolute atomic E-state index is 0.0687. The number of imidazole rings is 1. The number of para-hydroxylation sites is 1. The first-order valence-corrected chi connectivity index (χ1v) is 8.48. The lowest BCUT2D eigenvalue weighted by Crippen LogP contribution is -2.08. The number of benzene rings is 1. The van der Waals surface area contributed by atoms with Gasteiger partial charge in [-0.2, -0.15) is 0 Å². The van der Waals surface area contributed by atoms with Gasteiger partial charge in [-0.1, -0.05) is 24.3 Å². The van der Waals surface area contributed by atoms with Crippen LogP contribution < -0.4 is 4.74 Å². The topological polar surface area (TPSA) is 65.7 Å². The molecule has 0 N–H and O–H groups in total. The summed E-state index contributed by atoms with van der Waals surface area (Å²) in [4.78, 5) is 21.1. The van der Waals surface area contributed by atoms with E-state index >= 15 is 0 Å². The van der Waals surface area contributed by atoms with E-state index in [1.54, 1.807) is 30.5 Å². The maximum atomic E-state index is 12.5. The summed E-state index contributed by atoms with van der Waals surface area (Å²) in [5.41, 5.74) is 2.87. The Morgan fingerprint density at radius 2 is 1.89 bits per heavy atom. The van der Waals surface area contributed by atoms with Crippen LogP contribution in [0.5, 0.6) is 11.6 Å². The molecule has 0 spiro atoms. The largest absolute Gasteiger partial charge is 0.455 e. The van der Waals surface area contributed by atoms with Crippen LogP contribution in [-0.2, 0) is 11.3 Å². The lowest BCUT2D eigenvalue weighted by molar-refractivity contribution is 0.0464. The molecule has 0 saturated heterocycles. The van der Waals surface area contributed by atoms with E-state index in [1.807, 2.05) is 54.0 Å². The SMILES string of the molecule is Cc1ccc2nc(COC(=O)c3cccnc3Oc3ccccc3)cn2c1. The Kier molecular flexibility index (Phi) is 4.53. The van der Waals surface area contributed by atoms with Gasteiger partial charge in [-0.25, -0.2) is 14.8 Å². The summed E-state index contributed by atoms with van der Waals surface area (Å²) < 4.78 is 13.0. The summed E-state index contributed by atoms with van der Waals surface area (Å²) in [6.07, 6.45) is 5.39. The van der Waals surface area contributed by atoms with Crippen LogP contribution in [0.4, 0.5) is 0 Å². The minimum atomic E-state index is -0.512. The van der Waals surface area contributed by atoms with E-state index < -0.39 is 5.97 Å². The maximum Gasteiger partial charge on any atom is 0.344 e. The first-order chi connectivity index (χ1) is 13.2. The summed E-state index contributed by atoms with van der Waals surface area (Å²) in [5, 5.41) is 0. The van der Waals surface area contributed by atoms with E-state index in [0.29, 0.717) is 11.4 Å². The number of fused-ring (bicyclic) bond motifs is 1. The number of pyridine rings is 2. The molecule has 134 valence electrons. The first-order valence-electron chi connectivity index (χ1n) is 8.48. The van der Waals surface area contributed by atoms with Crippen molar-refractivity contribution in [3.8, 4) is 11.6 Å². The molecule has 6 nitrogen and oxygen atoms in total. The normalized spacial score (nSPS) is 10.7. The van der Waals surface area contributed by atoms with Gasteiger partial charge in [0.2, 0.25) is 5.88 Å². The molecule has 6 heteroatoms. The van der Waals surface area contributed by atoms with Crippen molar-refractivity contribution in [1.29, 1.82) is 0 Å². The number of esters is 1. The number of aryl methyl sites for hydroxylation is 1. The van der Waals surface area contributed by atoms with Gasteiger partial charge in [0, 0.05) is 18.6 Å². The Bertz CT molecular complexity index is 1090. The molecule has 4 rings (SSSR count). The third-order valence-electron chi connectivity index (χ3n) is 3.95. The number of ether oxygens (including phenoxy) is 2. The molecule has 0 radical (unpaired) electrons. The number of nitrogens with zero attached hydrogens (tertiary/aromatic N) is 3. The molecule has 1 aromatic carbocycles. The Morgan fingerprint density at radius 1 is 1.04 bits per heavy atom. The standard InChI is InChI=1S/C21H17N3O3/c1-15-9-10-19-23-16(13-24(19)12-15)14-26-21(25)18-8-5-11-22-20(18)27-17-6-3-2-4-7-17/h2-13H,14H2,1H3. The van der Waals surface area contributed by atoms with Crippen molar-refractivity contribution < 1.29 is 14.3 Å². The van der Waals surface area contributed by atoms with Gasteiger partial charge >= 0.3 is 5.97 Å². The molecule has 0 amide bonds. The number of carbonyl (C=O) groups excluding carboxylic acids is 1. The second-order valence-electron chi connectivity index (χ2n) is 6.05. The molecule has 0 aliphatic heterocycles. The molecule has 0 bridgehead atoms. The van der Waals surface area contributed by atoms with E-state index in [2.05, 4.69) is 9.97 Å². The van der Waals surface area contributed by atoms with Crippen LogP contribution >= 0.6 is 0 Å². The highest BCUT2D eigenvalue weighted by Gasteiger charge is 2.16. The van der Waals surface area contributed by atoms with Crippen LogP contribution in [0.2, 0.25) is 0 Å². The van der Waals surface area contributed by atoms with Crippen LogP contribution in [-0.4, -0.2) is 20.3 Å². The molecule has 0 atom stereocenters. The zero-order valence-corrected chi connectivity index (χ0v) is 14.7. The Labute approximate surface area is 156 Å². The summed E-state index contributed by atoms with van der Waals surface area (Å²) >= 11 is 0. The Morgan fingerprint density at radius 3 is 2.74 bits per heavy atom. The smallest absolute Gasteiger partial charge is 0.344 e. The van der Waals surface area contributed by atoms with Crippen LogP contribution in [0.25, 0.3) is 5.65 Å². The average molecular weight is 359 g/mol. The molecule has 0 fully saturated rings. The molecular weight excluding hydrogens is 342 g/mol. The molecule has 0 unspecified atom stereocenters. The van der Waals surface area contributed by atoms with Crippen LogP contribution in [0.1, 0.15) is 21.6 Å². The van der Waals surface area contributed by atoms with Crippen LogP contribution in [0, 0.1) is 6.92 Å². The lowest BCUT2D eigenvalue weighted by Gasteiger charge is -2.09. The molecule has 0 aliphatic carbocycles. The summed E-state index contributed by atoms with van der Waals surface area (Å²) in [5.74, 6) is 0.294. The van der Waals surface area contributed by atoms with Gasteiger partial charge in [-0.05, 0) is 42.8 Å². The second-order valence-corrected chi connectivity index (χ2v) is 6.05. The molecule has 0 saturated carbocycles. The highest BCUT2D eigenvalue weighted by atomic mass is 16.5. The quantitative estimate of drug-likeness (QED) is 0.500. The number of hydrogen-bond donors (Lipinski definition) is 0. The fourth-order valence-corrected chi connectivity index (χ4v) is 2.67. The number of carbonyl (C=O) groups is 1. The molecular formula is C21H17N3O3. The Hall–Kier alpha value is -3.67. The van der Waals surface area contributed by atoms with Gasteiger partial charge in [0.1, 0.15) is 23.6 Å². The van der Waals surface area contributed by atoms with E-state index in [1.165, 1.54) is 0 Å². The minimum Gasteiger partial charge on any atom is -0.455 e. The van der Waals surface area contributed by atoms with Gasteiger partial charge in [0.15, 0.2) is 0 Å². The van der Waals surface area contributed by atoms with Gasteiger partial charge < -0.3 is 13.9 Å². The van der Waals surface area contributed by atoms with E-state index in [9.17, 15) is 4.79 Å². The van der Waals surface area contributed by atoms with Gasteiger partial charge in [0.25, 0.3) is 0 Å². The van der Waals surface area contributed by atoms with Crippen molar-refractivity contribution in [3.05, 3.63) is 90.0 Å². The van der Waals surface area contributed by atoms with Crippen molar-refractivity contribution >= 4 is 11.6 Å². The zero-order valence-electron chi connectivity index (χ0n) is 14.7. The molecule has 3 aromatic heterocycles. The first kappa shape index (κ1) is 16.8. The van der Waals surface area contributed by atoms with E-state index in [0.717, 1.165) is 11.2 Å². The van der Waals surface area contributed by atoms with Crippen molar-refractivity contribution in [2.24, 2.45) is 0 Å². The van der Waals surface area contributed by atoms with Crippen LogP contribution in [0.3, 0.4) is 0 Å². The second kappa shape index (κ2) is 7.29. The van der Waals surface area contributed by atoms with E-state index in [-0.39, 0.29) is 18.1 Å². The summed E-state index contributed by atoms with van der Waals surface area (Å²) in [6.45, 7) is 2.08. The van der Waals surface area contributed by atoms with E-state index in [4.69, 9.17) is 9.47 Å². The fourth-order valence-electron chi connectivity index (χ4n) is 2.67. The predicted molar refractivity (Wildman–Crippen MR) is 99.8 cm³/mol. The van der Waals surface area contributed by atoms with Crippen molar-refractivity contribution in [2.45, 2.75) is 13.5 Å². The summed E-state index contributed by atoms with van der Waals surface area (Å²) in [6, 6.07) is 16.4. The summed E-state index contributed by atoms with van der Waals surface area (Å²) in [7, 11) is 0. The van der Waals surface area contributed by atoms with Gasteiger partial charge in [-0.15, -0.1) is 0 Å². The van der Waals surface area contributed by atoms with Crippen molar-refractivity contribution in [1.82, 2.24) is 14.4 Å². The lowest BCUT2D eigenvalue weighted by atomic mass is 10.2. The average Bonchev–Trinajstić information content (AvgIpc) is 3.09. The molecule has 0 aliphatic rings. The molecule has 27 heavy (non-hydrogen) atoms. The predicted octanol–water partition coefficient (Wildman–Crippen LogP) is 4.19. The highest BCUT2D eigenvalue weighted by molar-refractivity contribution is 5.91. The molecule has 3 heterocycles. The van der Waals surface area contributed by atoms with Gasteiger partial charge in [0.05, 0.1) is 5.69 Å². The maximum absolute atomic E-state index is 12.5. The number of aromatic nitrogens is 3. The fraction of sp³-hybridized carbons (Fsp3) is 0.0952. The number of rotatable bonds is 5. The van der Waals surface area contributed by atoms with Crippen molar-refractivity contribution in [2.75, 3.05) is 0 Å². The van der Waals surface area contributed by atoms with Crippen LogP contribution in [0.15, 0.2) is 73.2 Å².